The molecule has 1 unspecified atom stereocenters. The van der Waals surface area contributed by atoms with Crippen LogP contribution in [0.2, 0.25) is 0 Å². The molecule has 128 valence electrons. The van der Waals surface area contributed by atoms with Crippen molar-refractivity contribution in [2.24, 2.45) is 5.92 Å². The maximum Gasteiger partial charge on any atom is 0.251 e. The van der Waals surface area contributed by atoms with Gasteiger partial charge in [0, 0.05) is 23.8 Å². The third kappa shape index (κ3) is 4.47. The highest BCUT2D eigenvalue weighted by Crippen LogP contribution is 2.22. The van der Waals surface area contributed by atoms with Crippen LogP contribution in [0.3, 0.4) is 0 Å². The smallest absolute Gasteiger partial charge is 0.251 e. The molecule has 3 N–H and O–H groups in total. The van der Waals surface area contributed by atoms with Crippen LogP contribution >= 0.6 is 0 Å². The third-order valence-electron chi connectivity index (χ3n) is 5.18. The molecule has 4 heteroatoms. The summed E-state index contributed by atoms with van der Waals surface area (Å²) in [6.45, 7) is 9.50. The lowest BCUT2D eigenvalue weighted by molar-refractivity contribution is 0.0917. The van der Waals surface area contributed by atoms with E-state index in [4.69, 9.17) is 5.73 Å². The number of rotatable bonds is 7. The maximum absolute atomic E-state index is 12.6. The Hall–Kier alpha value is -1.55. The quantitative estimate of drug-likeness (QED) is 0.759. The van der Waals surface area contributed by atoms with E-state index in [9.17, 15) is 4.79 Å². The second kappa shape index (κ2) is 8.34. The number of likely N-dealkylation sites (tertiary alicyclic amines) is 1. The lowest BCUT2D eigenvalue weighted by atomic mass is 9.92. The van der Waals surface area contributed by atoms with Crippen LogP contribution in [0.5, 0.6) is 0 Å². The first kappa shape index (κ1) is 17.8. The molecule has 1 amide bonds. The number of amides is 1. The van der Waals surface area contributed by atoms with E-state index in [1.807, 2.05) is 19.1 Å². The SMILES string of the molecule is CCC(CC)C(CNC(=O)c1cc(N)ccc1C)N1CCCC1. The number of carbonyl (C=O) groups excluding carboxylic acids is 1. The number of carbonyl (C=O) groups is 1. The van der Waals surface area contributed by atoms with Gasteiger partial charge in [0.2, 0.25) is 0 Å². The van der Waals surface area contributed by atoms with Crippen LogP contribution < -0.4 is 11.1 Å². The van der Waals surface area contributed by atoms with Crippen molar-refractivity contribution < 1.29 is 4.79 Å². The standard InChI is InChI=1S/C19H31N3O/c1-4-15(5-2)18(22-10-6-7-11-22)13-21-19(23)17-12-16(20)9-8-14(17)3/h8-9,12,15,18H,4-7,10-11,13,20H2,1-3H3,(H,21,23). The van der Waals surface area contributed by atoms with Crippen LogP contribution in [-0.4, -0.2) is 36.5 Å². The molecule has 0 saturated carbocycles. The summed E-state index contributed by atoms with van der Waals surface area (Å²) >= 11 is 0. The van der Waals surface area contributed by atoms with Crippen LogP contribution in [0.15, 0.2) is 18.2 Å². The van der Waals surface area contributed by atoms with Gasteiger partial charge >= 0.3 is 0 Å². The largest absolute Gasteiger partial charge is 0.399 e. The molecular weight excluding hydrogens is 286 g/mol. The number of aryl methyl sites for hydroxylation is 1. The number of hydrogen-bond acceptors (Lipinski definition) is 3. The normalized spacial score (nSPS) is 16.7. The van der Waals surface area contributed by atoms with Crippen molar-refractivity contribution in [3.63, 3.8) is 0 Å². The molecule has 1 aliphatic rings. The summed E-state index contributed by atoms with van der Waals surface area (Å²) in [5.41, 5.74) is 8.12. The summed E-state index contributed by atoms with van der Waals surface area (Å²) < 4.78 is 0. The van der Waals surface area contributed by atoms with Crippen LogP contribution in [-0.2, 0) is 0 Å². The molecule has 0 radical (unpaired) electrons. The van der Waals surface area contributed by atoms with Gasteiger partial charge in [-0.3, -0.25) is 9.69 Å². The van der Waals surface area contributed by atoms with E-state index in [1.54, 1.807) is 6.07 Å². The van der Waals surface area contributed by atoms with Gasteiger partial charge in [0.15, 0.2) is 0 Å². The molecule has 1 saturated heterocycles. The van der Waals surface area contributed by atoms with E-state index < -0.39 is 0 Å². The van der Waals surface area contributed by atoms with Crippen LogP contribution in [0.1, 0.15) is 55.5 Å². The summed E-state index contributed by atoms with van der Waals surface area (Å²) in [5.74, 6) is 0.625. The number of hydrogen-bond donors (Lipinski definition) is 2. The van der Waals surface area contributed by atoms with Crippen LogP contribution in [0.4, 0.5) is 5.69 Å². The van der Waals surface area contributed by atoms with Crippen molar-refractivity contribution in [2.45, 2.75) is 52.5 Å². The minimum atomic E-state index is -0.00930. The van der Waals surface area contributed by atoms with E-state index in [2.05, 4.69) is 24.1 Å². The van der Waals surface area contributed by atoms with Gasteiger partial charge in [0.1, 0.15) is 0 Å². The highest BCUT2D eigenvalue weighted by Gasteiger charge is 2.28. The lowest BCUT2D eigenvalue weighted by Crippen LogP contribution is -2.47. The van der Waals surface area contributed by atoms with E-state index in [1.165, 1.54) is 12.8 Å². The molecule has 1 aromatic rings. The van der Waals surface area contributed by atoms with Crippen molar-refractivity contribution >= 4 is 11.6 Å². The van der Waals surface area contributed by atoms with Crippen molar-refractivity contribution in [3.8, 4) is 0 Å². The summed E-state index contributed by atoms with van der Waals surface area (Å²) in [5, 5.41) is 3.16. The molecule has 1 heterocycles. The molecule has 2 rings (SSSR count). The number of anilines is 1. The molecule has 0 aromatic heterocycles. The molecule has 0 spiro atoms. The van der Waals surface area contributed by atoms with Crippen molar-refractivity contribution in [3.05, 3.63) is 29.3 Å². The Morgan fingerprint density at radius 1 is 1.26 bits per heavy atom. The Labute approximate surface area is 140 Å². The van der Waals surface area contributed by atoms with Gasteiger partial charge in [0.25, 0.3) is 5.91 Å². The zero-order valence-electron chi connectivity index (χ0n) is 14.8. The van der Waals surface area contributed by atoms with Crippen molar-refractivity contribution in [1.82, 2.24) is 10.2 Å². The number of benzene rings is 1. The van der Waals surface area contributed by atoms with E-state index in [0.29, 0.717) is 23.2 Å². The van der Waals surface area contributed by atoms with E-state index in [0.717, 1.165) is 38.0 Å². The minimum absolute atomic E-state index is 0.00930. The van der Waals surface area contributed by atoms with Crippen LogP contribution in [0.25, 0.3) is 0 Å². The predicted octanol–water partition coefficient (Wildman–Crippen LogP) is 3.21. The molecule has 0 bridgehead atoms. The zero-order valence-corrected chi connectivity index (χ0v) is 14.8. The van der Waals surface area contributed by atoms with Crippen molar-refractivity contribution in [2.75, 3.05) is 25.4 Å². The molecule has 23 heavy (non-hydrogen) atoms. The van der Waals surface area contributed by atoms with Crippen LogP contribution in [0, 0.1) is 12.8 Å². The molecule has 4 nitrogen and oxygen atoms in total. The molecule has 1 aliphatic heterocycles. The van der Waals surface area contributed by atoms with Gasteiger partial charge in [-0.2, -0.15) is 0 Å². The first-order chi connectivity index (χ1) is 11.1. The van der Waals surface area contributed by atoms with E-state index >= 15 is 0 Å². The average Bonchev–Trinajstić information content (AvgIpc) is 3.07. The summed E-state index contributed by atoms with van der Waals surface area (Å²) in [6, 6.07) is 5.96. The predicted molar refractivity (Wildman–Crippen MR) is 96.6 cm³/mol. The summed E-state index contributed by atoms with van der Waals surface area (Å²) in [7, 11) is 0. The highest BCUT2D eigenvalue weighted by molar-refractivity contribution is 5.96. The van der Waals surface area contributed by atoms with Gasteiger partial charge in [-0.1, -0.05) is 32.8 Å². The molecular formula is C19H31N3O. The van der Waals surface area contributed by atoms with Gasteiger partial charge in [0.05, 0.1) is 0 Å². The Balaban J connectivity index is 2.04. The minimum Gasteiger partial charge on any atom is -0.399 e. The van der Waals surface area contributed by atoms with Gasteiger partial charge < -0.3 is 11.1 Å². The van der Waals surface area contributed by atoms with Crippen molar-refractivity contribution in [1.29, 1.82) is 0 Å². The van der Waals surface area contributed by atoms with Gasteiger partial charge in [-0.25, -0.2) is 0 Å². The average molecular weight is 317 g/mol. The number of nitrogen functional groups attached to an aromatic ring is 1. The first-order valence-electron chi connectivity index (χ1n) is 8.95. The second-order valence-electron chi connectivity index (χ2n) is 6.67. The lowest BCUT2D eigenvalue weighted by Gasteiger charge is -2.34. The monoisotopic (exact) mass is 317 g/mol. The molecule has 1 fully saturated rings. The fourth-order valence-corrected chi connectivity index (χ4v) is 3.68. The van der Waals surface area contributed by atoms with Gasteiger partial charge in [-0.05, 0) is 56.5 Å². The highest BCUT2D eigenvalue weighted by atomic mass is 16.1. The van der Waals surface area contributed by atoms with E-state index in [-0.39, 0.29) is 5.91 Å². The maximum atomic E-state index is 12.6. The number of nitrogens with zero attached hydrogens (tertiary/aromatic N) is 1. The first-order valence-corrected chi connectivity index (χ1v) is 8.95. The summed E-state index contributed by atoms with van der Waals surface area (Å²) in [6.07, 6.45) is 4.87. The third-order valence-corrected chi connectivity index (χ3v) is 5.18. The Kier molecular flexibility index (Phi) is 6.46. The Morgan fingerprint density at radius 3 is 2.52 bits per heavy atom. The Morgan fingerprint density at radius 2 is 1.91 bits per heavy atom. The molecule has 1 atom stereocenters. The number of nitrogens with one attached hydrogen (secondary N) is 1. The Bertz CT molecular complexity index is 517. The topological polar surface area (TPSA) is 58.4 Å². The number of nitrogens with two attached hydrogens (primary N) is 1. The molecule has 0 aliphatic carbocycles. The second-order valence-corrected chi connectivity index (χ2v) is 6.67. The molecule has 1 aromatic carbocycles. The van der Waals surface area contributed by atoms with Gasteiger partial charge in [-0.15, -0.1) is 0 Å². The summed E-state index contributed by atoms with van der Waals surface area (Å²) in [4.78, 5) is 15.1. The fourth-order valence-electron chi connectivity index (χ4n) is 3.68. The fraction of sp³-hybridized carbons (Fsp3) is 0.632. The zero-order chi connectivity index (χ0) is 16.8.